The van der Waals surface area contributed by atoms with Crippen molar-refractivity contribution in [1.29, 1.82) is 0 Å². The average molecular weight is 706 g/mol. The lowest BCUT2D eigenvalue weighted by Gasteiger charge is -2.41. The number of primary amides is 1. The van der Waals surface area contributed by atoms with E-state index >= 15 is 0 Å². The van der Waals surface area contributed by atoms with E-state index < -0.39 is 80.3 Å². The second-order valence-electron chi connectivity index (χ2n) is 12.7. The van der Waals surface area contributed by atoms with Crippen LogP contribution < -0.4 is 15.8 Å². The van der Waals surface area contributed by atoms with Crippen molar-refractivity contribution < 1.29 is 53.9 Å². The van der Waals surface area contributed by atoms with Crippen LogP contribution in [0.4, 0.5) is 26.3 Å². The van der Waals surface area contributed by atoms with Gasteiger partial charge in [0.1, 0.15) is 11.3 Å². The number of hydrogen-bond donors (Lipinski definition) is 2. The molecule has 2 fully saturated rings. The zero-order valence-electron chi connectivity index (χ0n) is 26.5. The maximum Gasteiger partial charge on any atom is 0.491 e. The quantitative estimate of drug-likeness (QED) is 0.198. The van der Waals surface area contributed by atoms with E-state index in [0.29, 0.717) is 49.4 Å². The summed E-state index contributed by atoms with van der Waals surface area (Å²) in [5, 5.41) is 3.43. The fourth-order valence-corrected chi connectivity index (χ4v) is 8.66. The van der Waals surface area contributed by atoms with E-state index in [1.807, 2.05) is 13.8 Å². The number of alkyl halides is 6. The molecule has 1 saturated carbocycles. The van der Waals surface area contributed by atoms with Crippen molar-refractivity contribution in [3.63, 3.8) is 0 Å². The number of likely N-dealkylation sites (tertiary alicyclic amines) is 1. The lowest BCUT2D eigenvalue weighted by Crippen LogP contribution is -2.51. The molecule has 2 amide bonds. The number of nitrogens with zero attached hydrogens (tertiary/aromatic N) is 1. The molecule has 3 N–H and O–H groups in total. The molecule has 48 heavy (non-hydrogen) atoms. The van der Waals surface area contributed by atoms with Crippen LogP contribution in [-0.4, -0.2) is 68.2 Å². The first-order chi connectivity index (χ1) is 22.2. The number of carbonyl (C=O) groups excluding carboxylic acids is 3. The van der Waals surface area contributed by atoms with E-state index in [9.17, 15) is 49.1 Å². The number of esters is 1. The Morgan fingerprint density at radius 2 is 1.71 bits per heavy atom. The number of halogens is 6. The second kappa shape index (κ2) is 14.1. The summed E-state index contributed by atoms with van der Waals surface area (Å²) in [4.78, 5) is 39.3. The van der Waals surface area contributed by atoms with Gasteiger partial charge in [-0.1, -0.05) is 32.0 Å². The number of hydrogen-bond acceptors (Lipinski definition) is 7. The van der Waals surface area contributed by atoms with Gasteiger partial charge in [0.2, 0.25) is 11.8 Å². The van der Waals surface area contributed by atoms with Crippen LogP contribution in [0.1, 0.15) is 72.5 Å². The molecule has 0 radical (unpaired) electrons. The van der Waals surface area contributed by atoms with Crippen LogP contribution in [0, 0.1) is 18.8 Å². The Morgan fingerprint density at radius 1 is 1.04 bits per heavy atom. The first kappa shape index (κ1) is 37.2. The molecule has 1 saturated heterocycles. The minimum atomic E-state index is -5.64. The molecule has 264 valence electrons. The molecule has 1 heterocycles. The highest BCUT2D eigenvalue weighted by atomic mass is 32.2. The molecule has 0 spiro atoms. The van der Waals surface area contributed by atoms with Gasteiger partial charge in [-0.2, -0.15) is 26.3 Å². The van der Waals surface area contributed by atoms with E-state index in [2.05, 4.69) is 10.1 Å². The number of ether oxygens (including phenoxy) is 1. The smallest absolute Gasteiger partial charge is 0.419 e. The highest BCUT2D eigenvalue weighted by Crippen LogP contribution is 2.47. The Labute approximate surface area is 274 Å². The number of amides is 2. The molecule has 4 atom stereocenters. The zero-order valence-corrected chi connectivity index (χ0v) is 27.3. The highest BCUT2D eigenvalue weighted by molar-refractivity contribution is 7.91. The largest absolute Gasteiger partial charge is 0.491 e. The standard InChI is InChI=1S/C32H37F6N3O6S/c1-17(2)15-40-20-8-10-23(19(14-20)16-48(45,46)25-7-5-4-6-18(25)3)41-13-12-22(29(41)43)26-21(28(39)42)9-11-24(27(26)31(33,34)35)47-30(44)32(36,37)38/h4-7,9,11,17,19-20,22-23,40H,8,10,12-16H2,1-3H3,(H2,39,42)/t19-,20+,22-,23-/m0/s1. The minimum absolute atomic E-state index is 0.0903. The normalized spacial score (nSPS) is 22.3. The predicted octanol–water partition coefficient (Wildman–Crippen LogP) is 5.15. The molecule has 2 aliphatic rings. The highest BCUT2D eigenvalue weighted by Gasteiger charge is 2.50. The van der Waals surface area contributed by atoms with E-state index in [1.165, 1.54) is 11.0 Å². The van der Waals surface area contributed by atoms with Crippen molar-refractivity contribution in [2.75, 3.05) is 18.8 Å². The van der Waals surface area contributed by atoms with Crippen LogP contribution in [0.15, 0.2) is 41.3 Å². The third kappa shape index (κ3) is 8.13. The van der Waals surface area contributed by atoms with Crippen LogP contribution >= 0.6 is 0 Å². The maximum absolute atomic E-state index is 14.5. The SMILES string of the molecule is Cc1ccccc1S(=O)(=O)C[C@@H]1C[C@H](NCC(C)C)CC[C@@H]1N1CC[C@@H](c2c(C(N)=O)ccc(OC(=O)C(F)(F)F)c2C(F)(F)F)C1=O. The van der Waals surface area contributed by atoms with Gasteiger partial charge >= 0.3 is 18.3 Å². The van der Waals surface area contributed by atoms with Crippen molar-refractivity contribution in [2.45, 2.75) is 81.7 Å². The van der Waals surface area contributed by atoms with Crippen molar-refractivity contribution >= 4 is 27.6 Å². The third-order valence-electron chi connectivity index (χ3n) is 8.80. The molecule has 0 unspecified atom stereocenters. The number of nitrogens with two attached hydrogens (primary N) is 1. The molecule has 16 heteroatoms. The summed E-state index contributed by atoms with van der Waals surface area (Å²) in [5.74, 6) is -9.09. The van der Waals surface area contributed by atoms with Gasteiger partial charge in [0.15, 0.2) is 9.84 Å². The zero-order chi connectivity index (χ0) is 35.8. The van der Waals surface area contributed by atoms with Crippen molar-refractivity contribution in [3.05, 3.63) is 58.7 Å². The number of nitrogens with one attached hydrogen (secondary N) is 1. The van der Waals surface area contributed by atoms with Gasteiger partial charge in [0.05, 0.1) is 16.6 Å². The fourth-order valence-electron chi connectivity index (χ4n) is 6.71. The molecule has 9 nitrogen and oxygen atoms in total. The van der Waals surface area contributed by atoms with E-state index in [4.69, 9.17) is 5.73 Å². The van der Waals surface area contributed by atoms with Crippen LogP contribution in [0.25, 0.3) is 0 Å². The van der Waals surface area contributed by atoms with Gasteiger partial charge in [-0.05, 0) is 80.3 Å². The summed E-state index contributed by atoms with van der Waals surface area (Å²) in [6, 6.07) is 6.69. The van der Waals surface area contributed by atoms with Gasteiger partial charge in [-0.3, -0.25) is 9.59 Å². The monoisotopic (exact) mass is 705 g/mol. The average Bonchev–Trinajstić information content (AvgIpc) is 3.35. The lowest BCUT2D eigenvalue weighted by molar-refractivity contribution is -0.190. The van der Waals surface area contributed by atoms with Gasteiger partial charge in [-0.15, -0.1) is 0 Å². The van der Waals surface area contributed by atoms with E-state index in [1.54, 1.807) is 25.1 Å². The second-order valence-corrected chi connectivity index (χ2v) is 14.7. The Bertz CT molecular complexity index is 1660. The molecule has 1 aliphatic heterocycles. The van der Waals surface area contributed by atoms with Crippen LogP contribution in [0.2, 0.25) is 0 Å². The minimum Gasteiger partial charge on any atom is -0.419 e. The summed E-state index contributed by atoms with van der Waals surface area (Å²) in [7, 11) is -3.88. The molecular weight excluding hydrogens is 668 g/mol. The topological polar surface area (TPSA) is 136 Å². The number of carbonyl (C=O) groups is 3. The van der Waals surface area contributed by atoms with Crippen LogP contribution in [0.5, 0.6) is 5.75 Å². The van der Waals surface area contributed by atoms with E-state index in [0.717, 1.165) is 0 Å². The Balaban J connectivity index is 1.74. The van der Waals surface area contributed by atoms with Crippen molar-refractivity contribution in [2.24, 2.45) is 17.6 Å². The molecule has 1 aliphatic carbocycles. The summed E-state index contributed by atoms with van der Waals surface area (Å²) < 4.78 is 114. The van der Waals surface area contributed by atoms with Gasteiger partial charge in [0.25, 0.3) is 0 Å². The Kier molecular flexibility index (Phi) is 10.9. The summed E-state index contributed by atoms with van der Waals surface area (Å²) >= 11 is 0. The van der Waals surface area contributed by atoms with Crippen LogP contribution in [-0.2, 0) is 25.6 Å². The lowest BCUT2D eigenvalue weighted by atomic mass is 9.81. The number of rotatable bonds is 10. The Morgan fingerprint density at radius 3 is 2.29 bits per heavy atom. The molecule has 2 aromatic carbocycles. The summed E-state index contributed by atoms with van der Waals surface area (Å²) in [6.07, 6.45) is -10.2. The van der Waals surface area contributed by atoms with E-state index in [-0.39, 0.29) is 29.7 Å². The molecule has 0 aromatic heterocycles. The third-order valence-corrected chi connectivity index (χ3v) is 10.8. The molecule has 0 bridgehead atoms. The van der Waals surface area contributed by atoms with Gasteiger partial charge in [0, 0.05) is 24.2 Å². The van der Waals surface area contributed by atoms with Crippen molar-refractivity contribution in [3.8, 4) is 5.75 Å². The number of aryl methyl sites for hydroxylation is 1. The van der Waals surface area contributed by atoms with Gasteiger partial charge in [-0.25, -0.2) is 13.2 Å². The number of benzene rings is 2. The molecule has 2 aromatic rings. The van der Waals surface area contributed by atoms with Gasteiger partial charge < -0.3 is 20.7 Å². The predicted molar refractivity (Wildman–Crippen MR) is 162 cm³/mol. The number of sulfone groups is 1. The van der Waals surface area contributed by atoms with Crippen molar-refractivity contribution in [1.82, 2.24) is 10.2 Å². The summed E-state index contributed by atoms with van der Waals surface area (Å²) in [5.41, 5.74) is 2.24. The molecular formula is C32H37F6N3O6S. The first-order valence-electron chi connectivity index (χ1n) is 15.4. The maximum atomic E-state index is 14.5. The fraction of sp³-hybridized carbons (Fsp3) is 0.531. The summed E-state index contributed by atoms with van der Waals surface area (Å²) in [6.45, 7) is 6.21. The Hall–Kier alpha value is -3.66. The van der Waals surface area contributed by atoms with Crippen LogP contribution in [0.3, 0.4) is 0 Å². The molecule has 4 rings (SSSR count). The first-order valence-corrected chi connectivity index (χ1v) is 17.0.